The van der Waals surface area contributed by atoms with Gasteiger partial charge >= 0.3 is 0 Å². The molecule has 0 spiro atoms. The van der Waals surface area contributed by atoms with Gasteiger partial charge in [-0.05, 0) is 37.8 Å². The van der Waals surface area contributed by atoms with E-state index in [9.17, 15) is 9.59 Å². The van der Waals surface area contributed by atoms with E-state index in [0.29, 0.717) is 10.8 Å². The zero-order chi connectivity index (χ0) is 32.6. The molecule has 0 aliphatic heterocycles. The Hall–Kier alpha value is -3.06. The van der Waals surface area contributed by atoms with E-state index in [4.69, 9.17) is 9.97 Å². The van der Waals surface area contributed by atoms with Gasteiger partial charge in [0.2, 0.25) is 0 Å². The summed E-state index contributed by atoms with van der Waals surface area (Å²) in [5.41, 5.74) is 3.31. The van der Waals surface area contributed by atoms with Crippen LogP contribution in [0.25, 0.3) is 42.2 Å². The first kappa shape index (κ1) is 33.8. The summed E-state index contributed by atoms with van der Waals surface area (Å²) in [6, 6.07) is 3.69. The van der Waals surface area contributed by atoms with Crippen LogP contribution in [-0.2, 0) is 12.8 Å². The zero-order valence-electron chi connectivity index (χ0n) is 28.9. The summed E-state index contributed by atoms with van der Waals surface area (Å²) < 4.78 is 5.46. The van der Waals surface area contributed by atoms with E-state index in [1.54, 1.807) is 20.1 Å². The molecule has 6 nitrogen and oxygen atoms in total. The molecule has 0 radical (unpaired) electrons. The smallest absolute Gasteiger partial charge is 0.264 e. The lowest BCUT2D eigenvalue weighted by Gasteiger charge is -2.03. The van der Waals surface area contributed by atoms with Crippen molar-refractivity contribution in [1.29, 1.82) is 0 Å². The Morgan fingerprint density at radius 3 is 1.21 bits per heavy atom. The van der Waals surface area contributed by atoms with Gasteiger partial charge in [0, 0.05) is 33.9 Å². The fourth-order valence-electron chi connectivity index (χ4n) is 7.53. The second-order valence-electron chi connectivity index (χ2n) is 14.0. The molecule has 0 saturated carbocycles. The van der Waals surface area contributed by atoms with Crippen LogP contribution in [0.4, 0.5) is 0 Å². The van der Waals surface area contributed by atoms with Gasteiger partial charge in [0.05, 0.1) is 20.8 Å². The highest BCUT2D eigenvalue weighted by Crippen LogP contribution is 2.41. The van der Waals surface area contributed by atoms with E-state index in [2.05, 4.69) is 13.8 Å². The van der Waals surface area contributed by atoms with Crippen LogP contribution in [0, 0.1) is 0 Å². The summed E-state index contributed by atoms with van der Waals surface area (Å²) in [4.78, 5) is 37.4. The molecule has 47 heavy (non-hydrogen) atoms. The molecule has 0 amide bonds. The number of benzene rings is 1. The maximum atomic E-state index is 13.7. The lowest BCUT2D eigenvalue weighted by atomic mass is 10.0. The molecular formula is C40H54N4O2S. The van der Waals surface area contributed by atoms with Crippen LogP contribution in [0.3, 0.4) is 0 Å². The summed E-state index contributed by atoms with van der Waals surface area (Å²) in [6.07, 6.45) is 31.7. The van der Waals surface area contributed by atoms with E-state index in [1.807, 2.05) is 24.5 Å². The molecule has 0 saturated heterocycles. The number of hydrogen-bond acceptors (Lipinski definition) is 5. The van der Waals surface area contributed by atoms with Crippen molar-refractivity contribution >= 4 is 53.6 Å². The van der Waals surface area contributed by atoms with Gasteiger partial charge in [-0.2, -0.15) is 0 Å². The first-order valence-electron chi connectivity index (χ1n) is 19.0. The Morgan fingerprint density at radius 2 is 0.851 bits per heavy atom. The van der Waals surface area contributed by atoms with Crippen LogP contribution in [0.15, 0.2) is 34.1 Å². The summed E-state index contributed by atoms with van der Waals surface area (Å²) in [6.45, 7) is 4.54. The first-order chi connectivity index (χ1) is 23.1. The Bertz CT molecular complexity index is 1850. The van der Waals surface area contributed by atoms with Crippen LogP contribution in [0.1, 0.15) is 154 Å². The Kier molecular flexibility index (Phi) is 11.8. The molecule has 0 atom stereocenters. The van der Waals surface area contributed by atoms with Crippen molar-refractivity contribution in [2.45, 2.75) is 155 Å². The SMILES string of the molecule is CCCCCCCCCCCCc1cn2c(=O)c3ccc4c(=O)n5cc(CCCCCCCCCCCC)nc5c5sc(c3c45)c2n1. The Balaban J connectivity index is 1.14. The molecule has 0 aliphatic carbocycles. The van der Waals surface area contributed by atoms with Crippen LogP contribution in [-0.4, -0.2) is 18.8 Å². The zero-order valence-corrected chi connectivity index (χ0v) is 29.7. The van der Waals surface area contributed by atoms with Crippen LogP contribution in [0.5, 0.6) is 0 Å². The third kappa shape index (κ3) is 7.50. The summed E-state index contributed by atoms with van der Waals surface area (Å²) >= 11 is 1.64. The highest BCUT2D eigenvalue weighted by Gasteiger charge is 2.23. The van der Waals surface area contributed by atoms with Gasteiger partial charge in [-0.15, -0.1) is 11.3 Å². The first-order valence-corrected chi connectivity index (χ1v) is 19.8. The Morgan fingerprint density at radius 1 is 0.511 bits per heavy atom. The highest BCUT2D eigenvalue weighted by atomic mass is 32.1. The number of unbranched alkanes of at least 4 members (excludes halogenated alkanes) is 18. The van der Waals surface area contributed by atoms with Crippen molar-refractivity contribution in [3.63, 3.8) is 0 Å². The molecule has 6 aromatic rings. The molecule has 0 aliphatic rings. The largest absolute Gasteiger partial charge is 0.268 e. The second kappa shape index (κ2) is 16.4. The normalized spacial score (nSPS) is 12.4. The molecular weight excluding hydrogens is 601 g/mol. The number of aryl methyl sites for hydroxylation is 2. The third-order valence-corrected chi connectivity index (χ3v) is 11.4. The topological polar surface area (TPSA) is 68.7 Å². The molecule has 0 fully saturated rings. The van der Waals surface area contributed by atoms with Gasteiger partial charge in [0.1, 0.15) is 0 Å². The van der Waals surface area contributed by atoms with E-state index in [0.717, 1.165) is 68.5 Å². The van der Waals surface area contributed by atoms with Crippen molar-refractivity contribution in [1.82, 2.24) is 18.8 Å². The van der Waals surface area contributed by atoms with Crippen molar-refractivity contribution in [2.75, 3.05) is 0 Å². The maximum Gasteiger partial charge on any atom is 0.264 e. The molecule has 5 aromatic heterocycles. The predicted octanol–water partition coefficient (Wildman–Crippen LogP) is 11.0. The minimum atomic E-state index is -0.0479. The number of pyridine rings is 2. The van der Waals surface area contributed by atoms with E-state index in [1.165, 1.54) is 116 Å². The number of fused-ring (bicyclic) bond motifs is 4. The molecule has 252 valence electrons. The minimum absolute atomic E-state index is 0.0479. The average molecular weight is 655 g/mol. The standard InChI is InChI=1S/C40H54N4O2S/c1-3-5-7-9-11-13-15-17-19-21-23-29-27-43-37(41-29)35-33-31(39(43)45)25-26-32-34(33)36(47-35)38-42-30(28-44(38)40(32)46)24-22-20-18-16-14-12-10-8-6-4-2/h25-28H,3-24H2,1-2H3. The molecule has 7 heteroatoms. The number of nitrogens with zero attached hydrogens (tertiary/aromatic N) is 4. The lowest BCUT2D eigenvalue weighted by Crippen LogP contribution is -2.14. The maximum absolute atomic E-state index is 13.7. The predicted molar refractivity (Wildman–Crippen MR) is 200 cm³/mol. The van der Waals surface area contributed by atoms with Crippen molar-refractivity contribution < 1.29 is 0 Å². The van der Waals surface area contributed by atoms with Gasteiger partial charge in [-0.3, -0.25) is 18.4 Å². The van der Waals surface area contributed by atoms with Gasteiger partial charge in [0.15, 0.2) is 11.3 Å². The summed E-state index contributed by atoms with van der Waals surface area (Å²) in [5.74, 6) is 0. The van der Waals surface area contributed by atoms with Gasteiger partial charge < -0.3 is 0 Å². The monoisotopic (exact) mass is 654 g/mol. The van der Waals surface area contributed by atoms with Crippen molar-refractivity contribution in [3.8, 4) is 0 Å². The average Bonchev–Trinajstić information content (AvgIpc) is 3.81. The fourth-order valence-corrected chi connectivity index (χ4v) is 8.83. The van der Waals surface area contributed by atoms with Crippen LogP contribution >= 0.6 is 11.3 Å². The lowest BCUT2D eigenvalue weighted by molar-refractivity contribution is 0.555. The van der Waals surface area contributed by atoms with E-state index < -0.39 is 0 Å². The van der Waals surface area contributed by atoms with Gasteiger partial charge in [-0.25, -0.2) is 9.97 Å². The highest BCUT2D eigenvalue weighted by molar-refractivity contribution is 7.27. The van der Waals surface area contributed by atoms with E-state index >= 15 is 0 Å². The number of rotatable bonds is 22. The second-order valence-corrected chi connectivity index (χ2v) is 15.0. The molecule has 0 unspecified atom stereocenters. The molecule has 0 N–H and O–H groups in total. The molecule has 0 bridgehead atoms. The van der Waals surface area contributed by atoms with Gasteiger partial charge in [0.25, 0.3) is 11.1 Å². The number of aromatic nitrogens is 4. The molecule has 5 heterocycles. The fraction of sp³-hybridized carbons (Fsp3) is 0.600. The summed E-state index contributed by atoms with van der Waals surface area (Å²) in [7, 11) is 0. The number of imidazole rings is 2. The summed E-state index contributed by atoms with van der Waals surface area (Å²) in [5, 5.41) is 3.09. The quantitative estimate of drug-likeness (QED) is 0.0539. The molecule has 6 rings (SSSR count). The minimum Gasteiger partial charge on any atom is -0.268 e. The van der Waals surface area contributed by atoms with Gasteiger partial charge in [-0.1, -0.05) is 129 Å². The number of hydrogen-bond donors (Lipinski definition) is 0. The molecule has 1 aromatic carbocycles. The number of thiophene rings is 1. The Labute approximate surface area is 283 Å². The van der Waals surface area contributed by atoms with Crippen molar-refractivity contribution in [2.24, 2.45) is 0 Å². The van der Waals surface area contributed by atoms with Crippen LogP contribution < -0.4 is 11.1 Å². The van der Waals surface area contributed by atoms with Crippen molar-refractivity contribution in [3.05, 3.63) is 56.6 Å². The van der Waals surface area contributed by atoms with E-state index in [-0.39, 0.29) is 11.1 Å². The van der Waals surface area contributed by atoms with Crippen LogP contribution in [0.2, 0.25) is 0 Å². The third-order valence-electron chi connectivity index (χ3n) is 10.3.